The average molecular weight is 270 g/mol. The predicted octanol–water partition coefficient (Wildman–Crippen LogP) is 4.85. The van der Waals surface area contributed by atoms with Gasteiger partial charge in [-0.25, -0.2) is 0 Å². The van der Waals surface area contributed by atoms with Gasteiger partial charge in [-0.3, -0.25) is 0 Å². The average Bonchev–Trinajstić information content (AvgIpc) is 2.43. The first-order chi connectivity index (χ1) is 9.67. The van der Waals surface area contributed by atoms with Crippen LogP contribution in [0, 0.1) is 13.8 Å². The Labute approximate surface area is 123 Å². The van der Waals surface area contributed by atoms with Crippen LogP contribution in [-0.4, -0.2) is 13.1 Å². The van der Waals surface area contributed by atoms with Gasteiger partial charge in [-0.15, -0.1) is 0 Å². The van der Waals surface area contributed by atoms with Crippen molar-refractivity contribution in [3.63, 3.8) is 0 Å². The Balaban J connectivity index is 0.000000200. The van der Waals surface area contributed by atoms with Crippen molar-refractivity contribution in [3.05, 3.63) is 59.7 Å². The first kappa shape index (κ1) is 16.1. The number of nitrogens with one attached hydrogen (secondary N) is 2. The monoisotopic (exact) mass is 270 g/mol. The lowest BCUT2D eigenvalue weighted by Crippen LogP contribution is -1.97. The van der Waals surface area contributed by atoms with Gasteiger partial charge >= 0.3 is 0 Å². The first-order valence-corrected chi connectivity index (χ1v) is 7.27. The third-order valence-corrected chi connectivity index (χ3v) is 2.91. The van der Waals surface area contributed by atoms with E-state index in [2.05, 4.69) is 80.8 Å². The summed E-state index contributed by atoms with van der Waals surface area (Å²) in [6.45, 7) is 10.4. The zero-order chi connectivity index (χ0) is 14.8. The Kier molecular flexibility index (Phi) is 7.26. The normalized spacial score (nSPS) is 9.40. The van der Waals surface area contributed by atoms with E-state index in [9.17, 15) is 0 Å². The molecule has 2 aromatic rings. The smallest absolute Gasteiger partial charge is 0.0369 e. The van der Waals surface area contributed by atoms with Crippen molar-refractivity contribution in [1.82, 2.24) is 0 Å². The van der Waals surface area contributed by atoms with Gasteiger partial charge < -0.3 is 10.6 Å². The minimum atomic E-state index is 0.990. The van der Waals surface area contributed by atoms with E-state index in [0.29, 0.717) is 0 Å². The van der Waals surface area contributed by atoms with Crippen molar-refractivity contribution in [2.75, 3.05) is 23.7 Å². The van der Waals surface area contributed by atoms with E-state index in [1.54, 1.807) is 0 Å². The maximum atomic E-state index is 3.28. The van der Waals surface area contributed by atoms with Gasteiger partial charge in [-0.05, 0) is 57.0 Å². The molecule has 0 fully saturated rings. The second-order valence-electron chi connectivity index (χ2n) is 4.75. The van der Waals surface area contributed by atoms with Crippen molar-refractivity contribution >= 4 is 11.4 Å². The maximum Gasteiger partial charge on any atom is 0.0369 e. The van der Waals surface area contributed by atoms with Gasteiger partial charge in [-0.1, -0.05) is 30.3 Å². The van der Waals surface area contributed by atoms with Gasteiger partial charge in [0.2, 0.25) is 0 Å². The molecule has 0 saturated carbocycles. The molecule has 0 spiro atoms. The van der Waals surface area contributed by atoms with Crippen molar-refractivity contribution in [1.29, 1.82) is 0 Å². The number of benzene rings is 2. The van der Waals surface area contributed by atoms with Crippen LogP contribution in [0.15, 0.2) is 48.5 Å². The second-order valence-corrected chi connectivity index (χ2v) is 4.75. The van der Waals surface area contributed by atoms with E-state index in [-0.39, 0.29) is 0 Å². The van der Waals surface area contributed by atoms with E-state index >= 15 is 0 Å². The summed E-state index contributed by atoms with van der Waals surface area (Å²) >= 11 is 0. The van der Waals surface area contributed by atoms with Crippen LogP contribution in [-0.2, 0) is 0 Å². The molecule has 0 bridgehead atoms. The number of aryl methyl sites for hydroxylation is 2. The Morgan fingerprint density at radius 2 is 1.50 bits per heavy atom. The molecule has 108 valence electrons. The van der Waals surface area contributed by atoms with Crippen LogP contribution < -0.4 is 10.6 Å². The molecule has 0 atom stereocenters. The van der Waals surface area contributed by atoms with Crippen LogP contribution in [0.5, 0.6) is 0 Å². The van der Waals surface area contributed by atoms with Crippen LogP contribution in [0.3, 0.4) is 0 Å². The van der Waals surface area contributed by atoms with Crippen LogP contribution in [0.2, 0.25) is 0 Å². The molecule has 20 heavy (non-hydrogen) atoms. The molecule has 0 aliphatic rings. The van der Waals surface area contributed by atoms with Gasteiger partial charge in [0.25, 0.3) is 0 Å². The van der Waals surface area contributed by atoms with E-state index in [0.717, 1.165) is 13.1 Å². The SMILES string of the molecule is CCNc1cccc(C)c1.CCNc1ccccc1C. The largest absolute Gasteiger partial charge is 0.385 e. The third kappa shape index (κ3) is 5.79. The molecular weight excluding hydrogens is 244 g/mol. The molecule has 0 unspecified atom stereocenters. The van der Waals surface area contributed by atoms with Crippen molar-refractivity contribution in [2.24, 2.45) is 0 Å². The van der Waals surface area contributed by atoms with Crippen LogP contribution >= 0.6 is 0 Å². The molecule has 2 aromatic carbocycles. The van der Waals surface area contributed by atoms with E-state index in [1.807, 2.05) is 6.07 Å². The van der Waals surface area contributed by atoms with Gasteiger partial charge in [0.15, 0.2) is 0 Å². The summed E-state index contributed by atoms with van der Waals surface area (Å²) < 4.78 is 0. The van der Waals surface area contributed by atoms with Gasteiger partial charge in [0, 0.05) is 24.5 Å². The summed E-state index contributed by atoms with van der Waals surface area (Å²) in [5.74, 6) is 0. The van der Waals surface area contributed by atoms with Gasteiger partial charge in [-0.2, -0.15) is 0 Å². The van der Waals surface area contributed by atoms with Crippen molar-refractivity contribution in [2.45, 2.75) is 27.7 Å². The zero-order valence-corrected chi connectivity index (χ0v) is 13.0. The molecule has 2 nitrogen and oxygen atoms in total. The predicted molar refractivity (Wildman–Crippen MR) is 90.7 cm³/mol. The molecule has 2 rings (SSSR count). The fourth-order valence-corrected chi connectivity index (χ4v) is 1.92. The summed E-state index contributed by atoms with van der Waals surface area (Å²) in [6, 6.07) is 16.7. The minimum absolute atomic E-state index is 0.990. The lowest BCUT2D eigenvalue weighted by molar-refractivity contribution is 1.20. The number of rotatable bonds is 4. The molecule has 0 aromatic heterocycles. The highest BCUT2D eigenvalue weighted by Gasteiger charge is 1.90. The summed E-state index contributed by atoms with van der Waals surface area (Å²) in [5, 5.41) is 6.52. The summed E-state index contributed by atoms with van der Waals surface area (Å²) in [6.07, 6.45) is 0. The summed E-state index contributed by atoms with van der Waals surface area (Å²) in [5.41, 5.74) is 5.07. The Bertz CT molecular complexity index is 506. The number of anilines is 2. The highest BCUT2D eigenvalue weighted by Crippen LogP contribution is 2.11. The number of hydrogen-bond donors (Lipinski definition) is 2. The maximum absolute atomic E-state index is 3.28. The Morgan fingerprint density at radius 3 is 2.10 bits per heavy atom. The lowest BCUT2D eigenvalue weighted by atomic mass is 10.2. The molecule has 0 saturated heterocycles. The zero-order valence-electron chi connectivity index (χ0n) is 13.0. The minimum Gasteiger partial charge on any atom is -0.385 e. The second kappa shape index (κ2) is 9.03. The van der Waals surface area contributed by atoms with Gasteiger partial charge in [0.05, 0.1) is 0 Å². The third-order valence-electron chi connectivity index (χ3n) is 2.91. The molecule has 2 N–H and O–H groups in total. The van der Waals surface area contributed by atoms with E-state index in [4.69, 9.17) is 0 Å². The summed E-state index contributed by atoms with van der Waals surface area (Å²) in [7, 11) is 0. The molecule has 0 aliphatic heterocycles. The van der Waals surface area contributed by atoms with Crippen molar-refractivity contribution < 1.29 is 0 Å². The molecule has 2 heteroatoms. The van der Waals surface area contributed by atoms with Crippen LogP contribution in [0.25, 0.3) is 0 Å². The molecule has 0 aliphatic carbocycles. The van der Waals surface area contributed by atoms with Crippen molar-refractivity contribution in [3.8, 4) is 0 Å². The topological polar surface area (TPSA) is 24.1 Å². The van der Waals surface area contributed by atoms with E-state index in [1.165, 1.54) is 22.5 Å². The Hall–Kier alpha value is -1.96. The van der Waals surface area contributed by atoms with Crippen LogP contribution in [0.4, 0.5) is 11.4 Å². The highest BCUT2D eigenvalue weighted by molar-refractivity contribution is 5.49. The highest BCUT2D eigenvalue weighted by atomic mass is 14.9. The molecule has 0 amide bonds. The lowest BCUT2D eigenvalue weighted by Gasteiger charge is -2.04. The molecule has 0 heterocycles. The van der Waals surface area contributed by atoms with Gasteiger partial charge in [0.1, 0.15) is 0 Å². The Morgan fingerprint density at radius 1 is 0.800 bits per heavy atom. The van der Waals surface area contributed by atoms with Crippen LogP contribution in [0.1, 0.15) is 25.0 Å². The number of para-hydroxylation sites is 1. The standard InChI is InChI=1S/2C9H13N/c1-3-10-9-6-4-5-8(2)7-9;1-3-10-9-7-5-4-6-8(9)2/h2*4-7,10H,3H2,1-2H3. The van der Waals surface area contributed by atoms with E-state index < -0.39 is 0 Å². The molecular formula is C18H26N2. The quantitative estimate of drug-likeness (QED) is 0.829. The first-order valence-electron chi connectivity index (χ1n) is 7.27. The summed E-state index contributed by atoms with van der Waals surface area (Å²) in [4.78, 5) is 0. The molecule has 0 radical (unpaired) electrons. The fraction of sp³-hybridized carbons (Fsp3) is 0.333. The fourth-order valence-electron chi connectivity index (χ4n) is 1.92. The number of hydrogen-bond acceptors (Lipinski definition) is 2.